The van der Waals surface area contributed by atoms with Gasteiger partial charge in [0.15, 0.2) is 0 Å². The second kappa shape index (κ2) is 9.20. The average Bonchev–Trinajstić information content (AvgIpc) is 2.79. The smallest absolute Gasteiger partial charge is 0.270 e. The summed E-state index contributed by atoms with van der Waals surface area (Å²) < 4.78 is 0. The maximum absolute atomic E-state index is 12.3. The minimum Gasteiger partial charge on any atom is -0.284 e. The molecule has 1 amide bonds. The van der Waals surface area contributed by atoms with E-state index in [4.69, 9.17) is 0 Å². The predicted octanol–water partition coefficient (Wildman–Crippen LogP) is 5.80. The molecule has 1 aliphatic carbocycles. The van der Waals surface area contributed by atoms with Gasteiger partial charge in [0, 0.05) is 17.8 Å². The number of carbonyl (C=O) groups excluding carboxylic acids is 1. The molecule has 0 bridgehead atoms. The molecule has 4 heteroatoms. The number of allylic oxidation sites excluding steroid dienone is 8. The SMILES string of the molecule is Cc1ccc(-c2cccc(/C=C/C(=O)N=C3C=CC(=C4C=CC=CN4O)C=C3)c2)cc1. The van der Waals surface area contributed by atoms with E-state index >= 15 is 0 Å². The number of rotatable bonds is 3. The lowest BCUT2D eigenvalue weighted by Gasteiger charge is -2.18. The Bertz CT molecular complexity index is 1190. The van der Waals surface area contributed by atoms with E-state index in [1.165, 1.54) is 11.6 Å². The van der Waals surface area contributed by atoms with Crippen molar-refractivity contribution in [2.45, 2.75) is 6.92 Å². The molecule has 0 saturated heterocycles. The van der Waals surface area contributed by atoms with E-state index < -0.39 is 0 Å². The topological polar surface area (TPSA) is 52.9 Å². The van der Waals surface area contributed by atoms with Gasteiger partial charge in [-0.2, -0.15) is 0 Å². The highest BCUT2D eigenvalue weighted by atomic mass is 16.5. The van der Waals surface area contributed by atoms with Crippen LogP contribution >= 0.6 is 0 Å². The van der Waals surface area contributed by atoms with Crippen LogP contribution < -0.4 is 0 Å². The van der Waals surface area contributed by atoms with E-state index in [2.05, 4.69) is 42.2 Å². The summed E-state index contributed by atoms with van der Waals surface area (Å²) in [4.78, 5) is 16.4. The summed E-state index contributed by atoms with van der Waals surface area (Å²) in [6, 6.07) is 16.4. The predicted molar refractivity (Wildman–Crippen MR) is 125 cm³/mol. The van der Waals surface area contributed by atoms with Crippen molar-refractivity contribution >= 4 is 17.7 Å². The standard InChI is InChI=1S/C27H22N2O2/c1-20-8-11-22(12-9-20)24-6-4-5-21(19-24)10-17-27(30)28-25-15-13-23(14-16-25)26-7-2-3-18-29(26)31/h2-19,31H,1H3/b17-10+,26-23?,28-25?. The van der Waals surface area contributed by atoms with Crippen LogP contribution in [0.15, 0.2) is 120 Å². The molecule has 0 fully saturated rings. The van der Waals surface area contributed by atoms with Gasteiger partial charge in [-0.25, -0.2) is 10.1 Å². The third kappa shape index (κ3) is 5.13. The summed E-state index contributed by atoms with van der Waals surface area (Å²) in [5, 5.41) is 11.0. The van der Waals surface area contributed by atoms with Crippen molar-refractivity contribution in [3.8, 4) is 11.1 Å². The van der Waals surface area contributed by atoms with Crippen molar-refractivity contribution in [2.75, 3.05) is 0 Å². The molecule has 0 saturated carbocycles. The normalized spacial score (nSPS) is 15.3. The van der Waals surface area contributed by atoms with Crippen LogP contribution in [0.25, 0.3) is 17.2 Å². The van der Waals surface area contributed by atoms with Crippen LogP contribution in [0, 0.1) is 6.92 Å². The Morgan fingerprint density at radius 1 is 0.935 bits per heavy atom. The minimum atomic E-state index is -0.328. The number of carbonyl (C=O) groups is 1. The second-order valence-electron chi connectivity index (χ2n) is 7.25. The van der Waals surface area contributed by atoms with Gasteiger partial charge >= 0.3 is 0 Å². The molecule has 2 aromatic rings. The lowest BCUT2D eigenvalue weighted by atomic mass is 10.0. The van der Waals surface area contributed by atoms with Gasteiger partial charge in [-0.3, -0.25) is 10.0 Å². The molecule has 1 aliphatic heterocycles. The fourth-order valence-corrected chi connectivity index (χ4v) is 3.27. The van der Waals surface area contributed by atoms with Crippen LogP contribution in [0.2, 0.25) is 0 Å². The van der Waals surface area contributed by atoms with Gasteiger partial charge in [-0.05, 0) is 60.1 Å². The first-order valence-corrected chi connectivity index (χ1v) is 10.00. The molecule has 0 aromatic heterocycles. The van der Waals surface area contributed by atoms with Crippen molar-refractivity contribution < 1.29 is 10.0 Å². The Labute approximate surface area is 181 Å². The van der Waals surface area contributed by atoms with Crippen molar-refractivity contribution in [3.63, 3.8) is 0 Å². The first-order valence-electron chi connectivity index (χ1n) is 10.00. The minimum absolute atomic E-state index is 0.328. The fraction of sp³-hybridized carbons (Fsp3) is 0.0370. The van der Waals surface area contributed by atoms with Crippen molar-refractivity contribution in [1.29, 1.82) is 0 Å². The average molecular weight is 406 g/mol. The van der Waals surface area contributed by atoms with E-state index in [0.29, 0.717) is 11.4 Å². The third-order valence-corrected chi connectivity index (χ3v) is 4.93. The maximum atomic E-state index is 12.3. The van der Waals surface area contributed by atoms with Crippen LogP contribution in [0.5, 0.6) is 0 Å². The Morgan fingerprint density at radius 2 is 1.71 bits per heavy atom. The number of hydroxylamine groups is 2. The molecular weight excluding hydrogens is 384 g/mol. The van der Waals surface area contributed by atoms with Gasteiger partial charge in [0.1, 0.15) is 0 Å². The van der Waals surface area contributed by atoms with Crippen LogP contribution in [-0.2, 0) is 4.79 Å². The van der Waals surface area contributed by atoms with E-state index in [1.807, 2.05) is 42.5 Å². The molecule has 0 radical (unpaired) electrons. The first kappa shape index (κ1) is 20.3. The maximum Gasteiger partial charge on any atom is 0.270 e. The van der Waals surface area contributed by atoms with Gasteiger partial charge in [-0.15, -0.1) is 0 Å². The largest absolute Gasteiger partial charge is 0.284 e. The molecule has 31 heavy (non-hydrogen) atoms. The fourth-order valence-electron chi connectivity index (χ4n) is 3.27. The third-order valence-electron chi connectivity index (χ3n) is 4.93. The van der Waals surface area contributed by atoms with Gasteiger partial charge < -0.3 is 0 Å². The molecule has 4 nitrogen and oxygen atoms in total. The zero-order valence-corrected chi connectivity index (χ0v) is 17.1. The van der Waals surface area contributed by atoms with Crippen molar-refractivity contribution in [2.24, 2.45) is 4.99 Å². The highest BCUT2D eigenvalue weighted by Gasteiger charge is 2.09. The Balaban J connectivity index is 1.45. The van der Waals surface area contributed by atoms with Gasteiger partial charge in [0.25, 0.3) is 5.91 Å². The molecule has 152 valence electrons. The molecule has 2 aliphatic rings. The number of benzene rings is 2. The molecule has 4 rings (SSSR count). The Kier molecular flexibility index (Phi) is 6.01. The highest BCUT2D eigenvalue weighted by molar-refractivity contribution is 6.13. The zero-order valence-electron chi connectivity index (χ0n) is 17.1. The summed E-state index contributed by atoms with van der Waals surface area (Å²) in [6.45, 7) is 2.07. The van der Waals surface area contributed by atoms with E-state index in [0.717, 1.165) is 27.3 Å². The lowest BCUT2D eigenvalue weighted by Crippen LogP contribution is -2.13. The van der Waals surface area contributed by atoms with Crippen LogP contribution in [0.1, 0.15) is 11.1 Å². The Morgan fingerprint density at radius 3 is 2.45 bits per heavy atom. The number of hydrogen-bond donors (Lipinski definition) is 1. The van der Waals surface area contributed by atoms with E-state index in [-0.39, 0.29) is 5.91 Å². The molecule has 0 spiro atoms. The number of nitrogens with zero attached hydrogens (tertiary/aromatic N) is 2. The Hall–Kier alpha value is -4.02. The summed E-state index contributed by atoms with van der Waals surface area (Å²) in [5.41, 5.74) is 6.45. The first-order chi connectivity index (χ1) is 15.1. The monoisotopic (exact) mass is 406 g/mol. The number of amides is 1. The second-order valence-corrected chi connectivity index (χ2v) is 7.25. The highest BCUT2D eigenvalue weighted by Crippen LogP contribution is 2.22. The van der Waals surface area contributed by atoms with Crippen LogP contribution in [0.4, 0.5) is 0 Å². The van der Waals surface area contributed by atoms with E-state index in [1.54, 1.807) is 30.5 Å². The zero-order chi connectivity index (χ0) is 21.6. The molecule has 0 unspecified atom stereocenters. The summed E-state index contributed by atoms with van der Waals surface area (Å²) in [6.07, 6.45) is 17.4. The summed E-state index contributed by atoms with van der Waals surface area (Å²) in [7, 11) is 0. The summed E-state index contributed by atoms with van der Waals surface area (Å²) in [5.74, 6) is -0.328. The van der Waals surface area contributed by atoms with Gasteiger partial charge in [0.2, 0.25) is 0 Å². The molecule has 0 atom stereocenters. The van der Waals surface area contributed by atoms with Gasteiger partial charge in [0.05, 0.1) is 11.4 Å². The van der Waals surface area contributed by atoms with Crippen molar-refractivity contribution in [3.05, 3.63) is 126 Å². The number of hydrogen-bond acceptors (Lipinski definition) is 3. The van der Waals surface area contributed by atoms with Crippen molar-refractivity contribution in [1.82, 2.24) is 5.06 Å². The van der Waals surface area contributed by atoms with Crippen LogP contribution in [0.3, 0.4) is 0 Å². The molecule has 1 heterocycles. The number of aryl methyl sites for hydroxylation is 1. The quantitative estimate of drug-likeness (QED) is 0.656. The van der Waals surface area contributed by atoms with Gasteiger partial charge in [-0.1, -0.05) is 66.3 Å². The number of aliphatic imine (C=N–C) groups is 1. The van der Waals surface area contributed by atoms with E-state index in [9.17, 15) is 10.0 Å². The molecule has 2 aromatic carbocycles. The molecular formula is C27H22N2O2. The van der Waals surface area contributed by atoms with Crippen LogP contribution in [-0.4, -0.2) is 21.9 Å². The summed E-state index contributed by atoms with van der Waals surface area (Å²) >= 11 is 0. The molecule has 1 N–H and O–H groups in total. The lowest BCUT2D eigenvalue weighted by molar-refractivity contribution is -0.113.